The lowest BCUT2D eigenvalue weighted by molar-refractivity contribution is 0.0526. The van der Waals surface area contributed by atoms with Gasteiger partial charge in [-0.3, -0.25) is 0 Å². The summed E-state index contributed by atoms with van der Waals surface area (Å²) >= 11 is 0. The van der Waals surface area contributed by atoms with Gasteiger partial charge in [-0.2, -0.15) is 0 Å². The van der Waals surface area contributed by atoms with Crippen molar-refractivity contribution in [2.24, 2.45) is 0 Å². The molecule has 1 heterocycles. The van der Waals surface area contributed by atoms with Gasteiger partial charge in [0.15, 0.2) is 11.5 Å². The van der Waals surface area contributed by atoms with Crippen molar-refractivity contribution in [3.05, 3.63) is 48.0 Å². The molecular formula is C16H15NO4. The Kier molecular flexibility index (Phi) is 3.64. The molecule has 0 aliphatic carbocycles. The fraction of sp³-hybridized carbons (Fsp3) is 0.188. The predicted octanol–water partition coefficient (Wildman–Crippen LogP) is 3.34. The molecule has 5 heteroatoms. The second-order valence-corrected chi connectivity index (χ2v) is 4.49. The highest BCUT2D eigenvalue weighted by molar-refractivity contribution is 5.90. The van der Waals surface area contributed by atoms with Crippen molar-refractivity contribution in [3.8, 4) is 11.5 Å². The van der Waals surface area contributed by atoms with E-state index in [-0.39, 0.29) is 12.8 Å². The van der Waals surface area contributed by atoms with Gasteiger partial charge in [-0.05, 0) is 37.3 Å². The molecule has 0 spiro atoms. The maximum absolute atomic E-state index is 11.7. The Morgan fingerprint density at radius 3 is 2.81 bits per heavy atom. The molecule has 2 aromatic rings. The molecular weight excluding hydrogens is 270 g/mol. The molecule has 1 N–H and O–H groups in total. The molecule has 2 aromatic carbocycles. The van der Waals surface area contributed by atoms with Crippen LogP contribution in [0, 0.1) is 0 Å². The molecule has 0 saturated carbocycles. The number of hydrogen-bond acceptors (Lipinski definition) is 5. The zero-order valence-corrected chi connectivity index (χ0v) is 11.6. The Hall–Kier alpha value is -2.69. The summed E-state index contributed by atoms with van der Waals surface area (Å²) in [7, 11) is 0. The molecule has 21 heavy (non-hydrogen) atoms. The Bertz CT molecular complexity index is 669. The van der Waals surface area contributed by atoms with Gasteiger partial charge in [0.25, 0.3) is 0 Å². The number of benzene rings is 2. The van der Waals surface area contributed by atoms with Gasteiger partial charge in [0.05, 0.1) is 12.2 Å². The normalized spacial score (nSPS) is 12.0. The number of anilines is 2. The van der Waals surface area contributed by atoms with E-state index in [0.717, 1.165) is 17.1 Å². The fourth-order valence-corrected chi connectivity index (χ4v) is 2.08. The van der Waals surface area contributed by atoms with Gasteiger partial charge in [0, 0.05) is 17.4 Å². The van der Waals surface area contributed by atoms with Crippen LogP contribution in [-0.4, -0.2) is 19.4 Å². The third kappa shape index (κ3) is 2.91. The molecule has 0 fully saturated rings. The summed E-state index contributed by atoms with van der Waals surface area (Å²) in [6.07, 6.45) is 0. The number of rotatable bonds is 4. The number of esters is 1. The van der Waals surface area contributed by atoms with E-state index in [0.29, 0.717) is 17.9 Å². The van der Waals surface area contributed by atoms with Crippen molar-refractivity contribution in [3.63, 3.8) is 0 Å². The molecule has 5 nitrogen and oxygen atoms in total. The van der Waals surface area contributed by atoms with Crippen LogP contribution in [0.1, 0.15) is 17.3 Å². The van der Waals surface area contributed by atoms with E-state index in [9.17, 15) is 4.79 Å². The van der Waals surface area contributed by atoms with Crippen LogP contribution < -0.4 is 14.8 Å². The summed E-state index contributed by atoms with van der Waals surface area (Å²) < 4.78 is 15.6. The number of hydrogen-bond donors (Lipinski definition) is 1. The molecule has 0 atom stereocenters. The number of ether oxygens (including phenoxy) is 3. The number of fused-ring (bicyclic) bond motifs is 1. The van der Waals surface area contributed by atoms with E-state index >= 15 is 0 Å². The van der Waals surface area contributed by atoms with Crippen LogP contribution in [0.5, 0.6) is 11.5 Å². The van der Waals surface area contributed by atoms with E-state index in [1.54, 1.807) is 19.1 Å². The van der Waals surface area contributed by atoms with Crippen LogP contribution >= 0.6 is 0 Å². The predicted molar refractivity (Wildman–Crippen MR) is 78.2 cm³/mol. The van der Waals surface area contributed by atoms with Crippen molar-refractivity contribution in [1.82, 2.24) is 0 Å². The van der Waals surface area contributed by atoms with Crippen LogP contribution in [0.25, 0.3) is 0 Å². The summed E-state index contributed by atoms with van der Waals surface area (Å²) in [5, 5.41) is 3.23. The smallest absolute Gasteiger partial charge is 0.338 e. The highest BCUT2D eigenvalue weighted by atomic mass is 16.7. The van der Waals surface area contributed by atoms with Crippen molar-refractivity contribution in [2.45, 2.75) is 6.92 Å². The second kappa shape index (κ2) is 5.75. The maximum Gasteiger partial charge on any atom is 0.338 e. The molecule has 108 valence electrons. The van der Waals surface area contributed by atoms with Gasteiger partial charge in [0.2, 0.25) is 6.79 Å². The number of nitrogens with one attached hydrogen (secondary N) is 1. The molecule has 0 radical (unpaired) electrons. The van der Waals surface area contributed by atoms with E-state index in [4.69, 9.17) is 14.2 Å². The first kappa shape index (κ1) is 13.3. The topological polar surface area (TPSA) is 56.8 Å². The van der Waals surface area contributed by atoms with E-state index in [1.807, 2.05) is 30.3 Å². The summed E-state index contributed by atoms with van der Waals surface area (Å²) in [5.41, 5.74) is 2.18. The largest absolute Gasteiger partial charge is 0.462 e. The van der Waals surface area contributed by atoms with Gasteiger partial charge in [-0.25, -0.2) is 4.79 Å². The molecule has 1 aliphatic rings. The lowest BCUT2D eigenvalue weighted by Gasteiger charge is -2.09. The zero-order valence-electron chi connectivity index (χ0n) is 11.6. The van der Waals surface area contributed by atoms with E-state index in [2.05, 4.69) is 5.32 Å². The number of carbonyl (C=O) groups is 1. The van der Waals surface area contributed by atoms with Crippen LogP contribution in [0.2, 0.25) is 0 Å². The minimum absolute atomic E-state index is 0.247. The van der Waals surface area contributed by atoms with Gasteiger partial charge in [0.1, 0.15) is 0 Å². The van der Waals surface area contributed by atoms with Crippen molar-refractivity contribution in [1.29, 1.82) is 0 Å². The number of carbonyl (C=O) groups excluding carboxylic acids is 1. The van der Waals surface area contributed by atoms with Gasteiger partial charge in [-0.15, -0.1) is 0 Å². The fourth-order valence-electron chi connectivity index (χ4n) is 2.08. The highest BCUT2D eigenvalue weighted by Crippen LogP contribution is 2.35. The molecule has 3 rings (SSSR count). The maximum atomic E-state index is 11.7. The highest BCUT2D eigenvalue weighted by Gasteiger charge is 2.13. The Morgan fingerprint density at radius 1 is 1.14 bits per heavy atom. The Morgan fingerprint density at radius 2 is 1.95 bits per heavy atom. The first-order chi connectivity index (χ1) is 10.3. The quantitative estimate of drug-likeness (QED) is 0.873. The van der Waals surface area contributed by atoms with Crippen molar-refractivity contribution < 1.29 is 19.0 Å². The van der Waals surface area contributed by atoms with Crippen molar-refractivity contribution in [2.75, 3.05) is 18.7 Å². The monoisotopic (exact) mass is 285 g/mol. The third-order valence-electron chi connectivity index (χ3n) is 3.03. The van der Waals surface area contributed by atoms with Crippen LogP contribution in [0.15, 0.2) is 42.5 Å². The molecule has 0 aromatic heterocycles. The molecule has 0 bridgehead atoms. The lowest BCUT2D eigenvalue weighted by Crippen LogP contribution is -2.04. The summed E-state index contributed by atoms with van der Waals surface area (Å²) in [6.45, 7) is 2.39. The van der Waals surface area contributed by atoms with Crippen LogP contribution in [0.3, 0.4) is 0 Å². The van der Waals surface area contributed by atoms with Gasteiger partial charge in [-0.1, -0.05) is 6.07 Å². The summed E-state index contributed by atoms with van der Waals surface area (Å²) in [4.78, 5) is 11.7. The van der Waals surface area contributed by atoms with Crippen LogP contribution in [0.4, 0.5) is 11.4 Å². The Labute approximate surface area is 122 Å². The summed E-state index contributed by atoms with van der Waals surface area (Å²) in [5.74, 6) is 1.12. The summed E-state index contributed by atoms with van der Waals surface area (Å²) in [6, 6.07) is 12.8. The third-order valence-corrected chi connectivity index (χ3v) is 3.03. The standard InChI is InChI=1S/C16H15NO4/c1-2-19-16(18)11-4-3-5-12(8-11)17-13-6-7-14-15(9-13)21-10-20-14/h3-9,17H,2,10H2,1H3. The molecule has 1 aliphatic heterocycles. The minimum Gasteiger partial charge on any atom is -0.462 e. The van der Waals surface area contributed by atoms with Crippen molar-refractivity contribution >= 4 is 17.3 Å². The van der Waals surface area contributed by atoms with E-state index in [1.165, 1.54) is 0 Å². The molecule has 0 saturated heterocycles. The zero-order chi connectivity index (χ0) is 14.7. The van der Waals surface area contributed by atoms with E-state index < -0.39 is 0 Å². The molecule has 0 unspecified atom stereocenters. The average Bonchev–Trinajstić information content (AvgIpc) is 2.95. The van der Waals surface area contributed by atoms with Gasteiger partial charge >= 0.3 is 5.97 Å². The first-order valence-electron chi connectivity index (χ1n) is 6.70. The SMILES string of the molecule is CCOC(=O)c1cccc(Nc2ccc3c(c2)OCO3)c1. The first-order valence-corrected chi connectivity index (χ1v) is 6.70. The lowest BCUT2D eigenvalue weighted by atomic mass is 10.2. The Balaban J connectivity index is 1.78. The second-order valence-electron chi connectivity index (χ2n) is 4.49. The van der Waals surface area contributed by atoms with Gasteiger partial charge < -0.3 is 19.5 Å². The minimum atomic E-state index is -0.327. The van der Waals surface area contributed by atoms with Crippen LogP contribution in [-0.2, 0) is 4.74 Å². The average molecular weight is 285 g/mol. The molecule has 0 amide bonds.